The van der Waals surface area contributed by atoms with Gasteiger partial charge in [-0.2, -0.15) is 5.10 Å². The van der Waals surface area contributed by atoms with Crippen molar-refractivity contribution in [1.29, 1.82) is 0 Å². The molecule has 1 aliphatic rings. The fourth-order valence-corrected chi connectivity index (χ4v) is 3.79. The van der Waals surface area contributed by atoms with Crippen LogP contribution in [-0.2, 0) is 22.8 Å². The summed E-state index contributed by atoms with van der Waals surface area (Å²) < 4.78 is 29.8. The predicted octanol–water partition coefficient (Wildman–Crippen LogP) is 2.45. The largest absolute Gasteiger partial charge is 0.492 e. The van der Waals surface area contributed by atoms with Gasteiger partial charge in [-0.1, -0.05) is 19.6 Å². The number of hydrogen-bond donors (Lipinski definition) is 2. The molecule has 0 aliphatic carbocycles. The average molecular weight is 478 g/mol. The van der Waals surface area contributed by atoms with Crippen molar-refractivity contribution in [2.45, 2.75) is 58.7 Å². The highest BCUT2D eigenvalue weighted by atomic mass is 28.3. The summed E-state index contributed by atoms with van der Waals surface area (Å²) in [6, 6.07) is 4.17. The molecule has 0 fully saturated rings. The van der Waals surface area contributed by atoms with E-state index in [2.05, 4.69) is 24.7 Å². The van der Waals surface area contributed by atoms with Crippen LogP contribution in [0.15, 0.2) is 24.5 Å². The van der Waals surface area contributed by atoms with Gasteiger partial charge in [0, 0.05) is 40.3 Å². The fourth-order valence-electron chi connectivity index (χ4n) is 3.03. The lowest BCUT2D eigenvalue weighted by atomic mass is 9.95. The average Bonchev–Trinajstić information content (AvgIpc) is 3.14. The summed E-state index contributed by atoms with van der Waals surface area (Å²) in [5, 5.41) is 22.5. The zero-order valence-electron chi connectivity index (χ0n) is 19.7. The topological polar surface area (TPSA) is 122 Å². The fraction of sp³-hybridized carbons (Fsp3) is 0.524. The molecule has 0 bridgehead atoms. The summed E-state index contributed by atoms with van der Waals surface area (Å²) in [4.78, 5) is 12.7. The second kappa shape index (κ2) is 10.2. The molecule has 0 atom stereocenters. The lowest BCUT2D eigenvalue weighted by Crippen LogP contribution is -2.39. The quantitative estimate of drug-likeness (QED) is 0.285. The number of fused-ring (bicyclic) bond motifs is 1. The molecule has 1 aromatic carbocycles. The Morgan fingerprint density at radius 2 is 1.88 bits per heavy atom. The lowest BCUT2D eigenvalue weighted by molar-refractivity contribution is -0.128. The number of nitrogens with zero attached hydrogens (tertiary/aromatic N) is 2. The van der Waals surface area contributed by atoms with Gasteiger partial charge in [0.2, 0.25) is 5.79 Å². The minimum atomic E-state index is -1.67. The first-order valence-electron chi connectivity index (χ1n) is 10.7. The summed E-state index contributed by atoms with van der Waals surface area (Å²) in [7, 11) is -2.81. The molecule has 0 radical (unpaired) electrons. The molecule has 0 unspecified atom stereocenters. The molecule has 180 valence electrons. The third kappa shape index (κ3) is 7.22. The first kappa shape index (κ1) is 25.1. The molecule has 33 heavy (non-hydrogen) atoms. The van der Waals surface area contributed by atoms with Gasteiger partial charge >= 0.3 is 13.1 Å². The van der Waals surface area contributed by atoms with Crippen LogP contribution < -0.4 is 14.2 Å². The van der Waals surface area contributed by atoms with Gasteiger partial charge in [0.15, 0.2) is 11.5 Å². The van der Waals surface area contributed by atoms with Crippen LogP contribution in [0.1, 0.15) is 29.8 Å². The van der Waals surface area contributed by atoms with E-state index >= 15 is 0 Å². The van der Waals surface area contributed by atoms with Gasteiger partial charge in [-0.15, -0.1) is 0 Å². The molecule has 0 saturated carbocycles. The second-order valence-corrected chi connectivity index (χ2v) is 15.1. The van der Waals surface area contributed by atoms with Gasteiger partial charge < -0.3 is 33.7 Å². The predicted molar refractivity (Wildman–Crippen MR) is 123 cm³/mol. The van der Waals surface area contributed by atoms with Crippen LogP contribution in [0.5, 0.6) is 17.2 Å². The Kier molecular flexibility index (Phi) is 7.73. The van der Waals surface area contributed by atoms with Gasteiger partial charge in [-0.05, 0) is 18.2 Å². The van der Waals surface area contributed by atoms with Gasteiger partial charge in [-0.25, -0.2) is 9.48 Å². The van der Waals surface area contributed by atoms with E-state index in [9.17, 15) is 4.79 Å². The first-order valence-corrected chi connectivity index (χ1v) is 14.4. The number of benzene rings is 1. The Hall–Kier alpha value is -2.54. The number of cyclic esters (lactones) is 1. The molecule has 2 heterocycles. The van der Waals surface area contributed by atoms with Crippen LogP contribution in [0.3, 0.4) is 0 Å². The minimum Gasteiger partial charge on any atom is -0.492 e. The van der Waals surface area contributed by atoms with E-state index in [0.717, 1.165) is 11.6 Å². The van der Waals surface area contributed by atoms with Crippen molar-refractivity contribution in [2.75, 3.05) is 13.1 Å². The Balaban J connectivity index is 1.68. The minimum absolute atomic E-state index is 0.0707. The highest BCUT2D eigenvalue weighted by molar-refractivity contribution is 6.76. The Morgan fingerprint density at radius 1 is 1.15 bits per heavy atom. The molecular weight excluding hydrogens is 447 g/mol. The standard InChI is InChI=1S/C21H31BN2O8Si/c1-21(2)31-19-17(30-13-22(26)27)7-6-16(18(19)20(25)32-21)29-12-15-10-23-24(11-15)14-28-8-9-33(3,4)5/h6-7,10-11,26-27H,8-9,12-14H2,1-5H3. The normalized spacial score (nSPS) is 14.8. The van der Waals surface area contributed by atoms with Gasteiger partial charge in [-0.3, -0.25) is 0 Å². The summed E-state index contributed by atoms with van der Waals surface area (Å²) in [5.74, 6) is -1.28. The highest BCUT2D eigenvalue weighted by Crippen LogP contribution is 2.43. The lowest BCUT2D eigenvalue weighted by Gasteiger charge is -2.33. The maximum absolute atomic E-state index is 12.7. The SMILES string of the molecule is CC1(C)OC(=O)c2c(OCc3cnn(COCC[Si](C)(C)C)c3)ccc(OCB(O)O)c2O1. The van der Waals surface area contributed by atoms with Gasteiger partial charge in [0.1, 0.15) is 31.2 Å². The molecule has 0 saturated heterocycles. The maximum atomic E-state index is 12.7. The van der Waals surface area contributed by atoms with Crippen molar-refractivity contribution in [1.82, 2.24) is 9.78 Å². The molecule has 10 nitrogen and oxygen atoms in total. The Morgan fingerprint density at radius 3 is 2.58 bits per heavy atom. The maximum Gasteiger partial charge on any atom is 0.491 e. The van der Waals surface area contributed by atoms with E-state index in [0.29, 0.717) is 13.3 Å². The first-order chi connectivity index (χ1) is 15.4. The van der Waals surface area contributed by atoms with E-state index in [4.69, 9.17) is 33.7 Å². The zero-order chi connectivity index (χ0) is 24.2. The van der Waals surface area contributed by atoms with E-state index in [1.165, 1.54) is 0 Å². The van der Waals surface area contributed by atoms with E-state index in [-0.39, 0.29) is 35.9 Å². The van der Waals surface area contributed by atoms with Crippen LogP contribution >= 0.6 is 0 Å². The van der Waals surface area contributed by atoms with Gasteiger partial charge in [0.05, 0.1) is 6.20 Å². The third-order valence-corrected chi connectivity index (χ3v) is 6.37. The van der Waals surface area contributed by atoms with Crippen molar-refractivity contribution in [3.63, 3.8) is 0 Å². The third-order valence-electron chi connectivity index (χ3n) is 4.66. The van der Waals surface area contributed by atoms with Crippen molar-refractivity contribution >= 4 is 21.2 Å². The smallest absolute Gasteiger partial charge is 0.491 e. The van der Waals surface area contributed by atoms with Crippen molar-refractivity contribution in [3.8, 4) is 17.2 Å². The number of hydrogen-bond acceptors (Lipinski definition) is 9. The molecule has 12 heteroatoms. The number of carbonyl (C=O) groups excluding carboxylic acids is 1. The van der Waals surface area contributed by atoms with Crippen LogP contribution in [0.2, 0.25) is 25.7 Å². The van der Waals surface area contributed by atoms with Crippen LogP contribution in [-0.4, -0.2) is 59.9 Å². The van der Waals surface area contributed by atoms with Crippen LogP contribution in [0, 0.1) is 0 Å². The van der Waals surface area contributed by atoms with Crippen LogP contribution in [0.25, 0.3) is 0 Å². The highest BCUT2D eigenvalue weighted by Gasteiger charge is 2.38. The van der Waals surface area contributed by atoms with Crippen LogP contribution in [0.4, 0.5) is 0 Å². The second-order valence-electron chi connectivity index (χ2n) is 9.47. The summed E-state index contributed by atoms with van der Waals surface area (Å²) >= 11 is 0. The van der Waals surface area contributed by atoms with E-state index in [1.54, 1.807) is 36.9 Å². The Labute approximate surface area is 194 Å². The molecule has 3 rings (SSSR count). The molecular formula is C21H31BN2O8Si. The molecule has 2 N–H and O–H groups in total. The van der Waals surface area contributed by atoms with Gasteiger partial charge in [0.25, 0.3) is 0 Å². The van der Waals surface area contributed by atoms with Crippen molar-refractivity contribution < 1.29 is 38.5 Å². The summed E-state index contributed by atoms with van der Waals surface area (Å²) in [6.45, 7) is 10.9. The summed E-state index contributed by atoms with van der Waals surface area (Å²) in [5.41, 5.74) is 0.869. The number of aromatic nitrogens is 2. The van der Waals surface area contributed by atoms with E-state index in [1.807, 2.05) is 6.20 Å². The number of rotatable bonds is 11. The van der Waals surface area contributed by atoms with Crippen molar-refractivity contribution in [3.05, 3.63) is 35.7 Å². The number of carbonyl (C=O) groups is 1. The molecule has 0 spiro atoms. The zero-order valence-corrected chi connectivity index (χ0v) is 20.7. The van der Waals surface area contributed by atoms with Crippen molar-refractivity contribution in [2.24, 2.45) is 0 Å². The monoisotopic (exact) mass is 478 g/mol. The molecule has 1 aliphatic heterocycles. The van der Waals surface area contributed by atoms with E-state index < -0.39 is 26.9 Å². The summed E-state index contributed by atoms with van der Waals surface area (Å²) in [6.07, 6.45) is 3.49. The molecule has 0 amide bonds. The number of ether oxygens (including phenoxy) is 5. The molecule has 2 aromatic rings. The molecule has 1 aromatic heterocycles. The Bertz CT molecular complexity index is 974. The number of esters is 1.